The van der Waals surface area contributed by atoms with Gasteiger partial charge >= 0.3 is 0 Å². The second-order valence-electron chi connectivity index (χ2n) is 4.99. The average molecular weight is 292 g/mol. The molecule has 1 heterocycles. The van der Waals surface area contributed by atoms with Crippen molar-refractivity contribution in [2.24, 2.45) is 0 Å². The quantitative estimate of drug-likeness (QED) is 0.804. The van der Waals surface area contributed by atoms with Crippen LogP contribution in [-0.4, -0.2) is 20.7 Å². The van der Waals surface area contributed by atoms with Crippen molar-refractivity contribution < 1.29 is 4.79 Å². The Morgan fingerprint density at radius 3 is 2.45 bits per heavy atom. The van der Waals surface area contributed by atoms with Crippen molar-refractivity contribution in [3.63, 3.8) is 0 Å². The number of benzene rings is 2. The fourth-order valence-corrected chi connectivity index (χ4v) is 2.21. The van der Waals surface area contributed by atoms with Gasteiger partial charge in [-0.05, 0) is 36.8 Å². The van der Waals surface area contributed by atoms with Crippen LogP contribution in [0.2, 0.25) is 0 Å². The molecule has 3 rings (SSSR count). The van der Waals surface area contributed by atoms with E-state index in [1.165, 1.54) is 6.33 Å². The maximum atomic E-state index is 12.3. The Morgan fingerprint density at radius 1 is 1.09 bits per heavy atom. The molecular weight excluding hydrogens is 276 g/mol. The smallest absolute Gasteiger partial charge is 0.251 e. The monoisotopic (exact) mass is 292 g/mol. The second-order valence-corrected chi connectivity index (χ2v) is 4.99. The van der Waals surface area contributed by atoms with Crippen molar-refractivity contribution >= 4 is 5.91 Å². The molecule has 22 heavy (non-hydrogen) atoms. The topological polar surface area (TPSA) is 59.8 Å². The van der Waals surface area contributed by atoms with E-state index in [0.717, 1.165) is 11.3 Å². The lowest BCUT2D eigenvalue weighted by Crippen LogP contribution is -2.26. The van der Waals surface area contributed by atoms with E-state index in [1.807, 2.05) is 49.4 Å². The van der Waals surface area contributed by atoms with E-state index < -0.39 is 0 Å². The second kappa shape index (κ2) is 6.22. The van der Waals surface area contributed by atoms with E-state index in [0.29, 0.717) is 5.56 Å². The van der Waals surface area contributed by atoms with E-state index in [-0.39, 0.29) is 11.9 Å². The number of amides is 1. The first-order chi connectivity index (χ1) is 10.7. The number of carbonyl (C=O) groups is 1. The molecule has 3 aromatic rings. The summed E-state index contributed by atoms with van der Waals surface area (Å²) < 4.78 is 1.65. The number of hydrogen-bond donors (Lipinski definition) is 1. The molecule has 0 aliphatic carbocycles. The van der Waals surface area contributed by atoms with Crippen LogP contribution in [0.1, 0.15) is 28.9 Å². The lowest BCUT2D eigenvalue weighted by atomic mass is 10.1. The summed E-state index contributed by atoms with van der Waals surface area (Å²) in [6, 6.07) is 17.1. The number of aromatic nitrogens is 3. The molecule has 0 spiro atoms. The molecule has 0 bridgehead atoms. The van der Waals surface area contributed by atoms with Crippen LogP contribution in [-0.2, 0) is 0 Å². The molecule has 0 radical (unpaired) electrons. The summed E-state index contributed by atoms with van der Waals surface area (Å²) in [5.41, 5.74) is 2.56. The Balaban J connectivity index is 1.70. The van der Waals surface area contributed by atoms with Gasteiger partial charge in [0.05, 0.1) is 11.7 Å². The maximum absolute atomic E-state index is 12.3. The summed E-state index contributed by atoms with van der Waals surface area (Å²) >= 11 is 0. The molecule has 1 atom stereocenters. The predicted octanol–water partition coefficient (Wildman–Crippen LogP) is 2.76. The molecule has 0 aliphatic heterocycles. The largest absolute Gasteiger partial charge is 0.346 e. The Hall–Kier alpha value is -2.95. The number of rotatable bonds is 4. The van der Waals surface area contributed by atoms with E-state index in [1.54, 1.807) is 23.1 Å². The van der Waals surface area contributed by atoms with Crippen molar-refractivity contribution in [1.29, 1.82) is 0 Å². The third-order valence-corrected chi connectivity index (χ3v) is 3.46. The summed E-state index contributed by atoms with van der Waals surface area (Å²) in [6.07, 6.45) is 3.09. The van der Waals surface area contributed by atoms with Gasteiger partial charge in [0.15, 0.2) is 0 Å². The summed E-state index contributed by atoms with van der Waals surface area (Å²) in [6.45, 7) is 1.97. The first-order valence-electron chi connectivity index (χ1n) is 7.05. The number of nitrogens with zero attached hydrogens (tertiary/aromatic N) is 3. The van der Waals surface area contributed by atoms with Crippen LogP contribution >= 0.6 is 0 Å². The van der Waals surface area contributed by atoms with Crippen LogP contribution in [0.5, 0.6) is 0 Å². The van der Waals surface area contributed by atoms with Gasteiger partial charge in [-0.15, -0.1) is 0 Å². The van der Waals surface area contributed by atoms with Crippen LogP contribution in [0, 0.1) is 0 Å². The van der Waals surface area contributed by atoms with Crippen molar-refractivity contribution in [3.05, 3.63) is 78.4 Å². The standard InChI is InChI=1S/C17H16N4O/c1-13(14-5-3-2-4-6-14)20-17(22)15-7-9-16(10-8-15)21-12-18-11-19-21/h2-13H,1H3,(H,20,22). The number of carbonyl (C=O) groups excluding carboxylic acids is 1. The first-order valence-corrected chi connectivity index (χ1v) is 7.05. The minimum absolute atomic E-state index is 0.0382. The highest BCUT2D eigenvalue weighted by atomic mass is 16.1. The third kappa shape index (κ3) is 3.03. The zero-order valence-corrected chi connectivity index (χ0v) is 12.2. The molecular formula is C17H16N4O. The Morgan fingerprint density at radius 2 is 1.82 bits per heavy atom. The average Bonchev–Trinajstić information content (AvgIpc) is 3.10. The van der Waals surface area contributed by atoms with Crippen LogP contribution in [0.4, 0.5) is 0 Å². The molecule has 5 heteroatoms. The Kier molecular flexibility index (Phi) is 3.96. The van der Waals surface area contributed by atoms with Crippen molar-refractivity contribution in [1.82, 2.24) is 20.1 Å². The normalized spacial score (nSPS) is 11.9. The molecule has 5 nitrogen and oxygen atoms in total. The predicted molar refractivity (Wildman–Crippen MR) is 83.7 cm³/mol. The van der Waals surface area contributed by atoms with Crippen LogP contribution in [0.3, 0.4) is 0 Å². The van der Waals surface area contributed by atoms with E-state index in [4.69, 9.17) is 0 Å². The maximum Gasteiger partial charge on any atom is 0.251 e. The third-order valence-electron chi connectivity index (χ3n) is 3.46. The van der Waals surface area contributed by atoms with Crippen LogP contribution < -0.4 is 5.32 Å². The molecule has 0 saturated carbocycles. The molecule has 1 aromatic heterocycles. The molecule has 1 N–H and O–H groups in total. The van der Waals surface area contributed by atoms with E-state index >= 15 is 0 Å². The van der Waals surface area contributed by atoms with Crippen LogP contribution in [0.15, 0.2) is 67.3 Å². The van der Waals surface area contributed by atoms with Gasteiger partial charge in [-0.1, -0.05) is 30.3 Å². The minimum atomic E-state index is -0.0958. The van der Waals surface area contributed by atoms with Gasteiger partial charge in [-0.3, -0.25) is 4.79 Å². The lowest BCUT2D eigenvalue weighted by molar-refractivity contribution is 0.0940. The fourth-order valence-electron chi connectivity index (χ4n) is 2.21. The Labute approximate surface area is 128 Å². The van der Waals surface area contributed by atoms with E-state index in [2.05, 4.69) is 15.4 Å². The molecule has 2 aromatic carbocycles. The summed E-state index contributed by atoms with van der Waals surface area (Å²) in [7, 11) is 0. The molecule has 0 aliphatic rings. The van der Waals surface area contributed by atoms with Crippen molar-refractivity contribution in [3.8, 4) is 5.69 Å². The van der Waals surface area contributed by atoms with Crippen molar-refractivity contribution in [2.75, 3.05) is 0 Å². The summed E-state index contributed by atoms with van der Waals surface area (Å²) in [5, 5.41) is 7.05. The number of hydrogen-bond acceptors (Lipinski definition) is 3. The van der Waals surface area contributed by atoms with Gasteiger partial charge in [0.25, 0.3) is 5.91 Å². The SMILES string of the molecule is CC(NC(=O)c1ccc(-n2cncn2)cc1)c1ccccc1. The molecule has 0 saturated heterocycles. The van der Waals surface area contributed by atoms with Crippen LogP contribution in [0.25, 0.3) is 5.69 Å². The molecule has 1 amide bonds. The summed E-state index contributed by atoms with van der Waals surface area (Å²) in [5.74, 6) is -0.0958. The lowest BCUT2D eigenvalue weighted by Gasteiger charge is -2.14. The number of nitrogens with one attached hydrogen (secondary N) is 1. The van der Waals surface area contributed by atoms with Gasteiger partial charge in [0.1, 0.15) is 12.7 Å². The van der Waals surface area contributed by atoms with Gasteiger partial charge in [-0.25, -0.2) is 9.67 Å². The highest BCUT2D eigenvalue weighted by Crippen LogP contribution is 2.13. The van der Waals surface area contributed by atoms with E-state index in [9.17, 15) is 4.79 Å². The van der Waals surface area contributed by atoms with Gasteiger partial charge in [0, 0.05) is 5.56 Å². The molecule has 1 unspecified atom stereocenters. The van der Waals surface area contributed by atoms with Crippen molar-refractivity contribution in [2.45, 2.75) is 13.0 Å². The highest BCUT2D eigenvalue weighted by molar-refractivity contribution is 5.94. The molecule has 0 fully saturated rings. The zero-order chi connectivity index (χ0) is 15.4. The van der Waals surface area contributed by atoms with Gasteiger partial charge in [-0.2, -0.15) is 5.10 Å². The zero-order valence-electron chi connectivity index (χ0n) is 12.2. The molecule has 110 valence electrons. The summed E-state index contributed by atoms with van der Waals surface area (Å²) in [4.78, 5) is 16.2. The fraction of sp³-hybridized carbons (Fsp3) is 0.118. The highest BCUT2D eigenvalue weighted by Gasteiger charge is 2.11. The van der Waals surface area contributed by atoms with Gasteiger partial charge < -0.3 is 5.32 Å². The first kappa shape index (κ1) is 14.0. The van der Waals surface area contributed by atoms with Gasteiger partial charge in [0.2, 0.25) is 0 Å². The Bertz CT molecular complexity index is 736. The minimum Gasteiger partial charge on any atom is -0.346 e.